The van der Waals surface area contributed by atoms with Gasteiger partial charge in [0.1, 0.15) is 6.26 Å². The van der Waals surface area contributed by atoms with Crippen molar-refractivity contribution in [2.24, 2.45) is 11.1 Å². The van der Waals surface area contributed by atoms with Crippen molar-refractivity contribution in [1.29, 1.82) is 0 Å². The second kappa shape index (κ2) is 4.39. The fourth-order valence-electron chi connectivity index (χ4n) is 0.809. The van der Waals surface area contributed by atoms with Crippen LogP contribution in [0.4, 0.5) is 0 Å². The zero-order valence-electron chi connectivity index (χ0n) is 8.61. The van der Waals surface area contributed by atoms with Crippen molar-refractivity contribution in [3.05, 3.63) is 18.0 Å². The SMILES string of the molecule is CC(C)(CNC(=O)c1ccon1)C(N)=S. The molecule has 1 rings (SSSR count). The molecule has 0 radical (unpaired) electrons. The molecule has 82 valence electrons. The molecule has 0 atom stereocenters. The molecule has 1 aromatic rings. The smallest absolute Gasteiger partial charge is 0.273 e. The Morgan fingerprint density at radius 2 is 2.40 bits per heavy atom. The Labute approximate surface area is 93.0 Å². The Balaban J connectivity index is 2.51. The van der Waals surface area contributed by atoms with E-state index in [0.717, 1.165) is 0 Å². The van der Waals surface area contributed by atoms with E-state index in [1.165, 1.54) is 12.3 Å². The molecule has 0 bridgehead atoms. The highest BCUT2D eigenvalue weighted by molar-refractivity contribution is 7.80. The van der Waals surface area contributed by atoms with Crippen LogP contribution in [0.3, 0.4) is 0 Å². The Bertz CT molecular complexity index is 359. The van der Waals surface area contributed by atoms with Gasteiger partial charge in [-0.15, -0.1) is 0 Å². The molecule has 1 heterocycles. The average molecular weight is 227 g/mol. The van der Waals surface area contributed by atoms with Crippen LogP contribution in [0.25, 0.3) is 0 Å². The lowest BCUT2D eigenvalue weighted by Crippen LogP contribution is -2.41. The number of hydrogen-bond donors (Lipinski definition) is 2. The van der Waals surface area contributed by atoms with Crippen LogP contribution in [0, 0.1) is 5.41 Å². The van der Waals surface area contributed by atoms with Crippen LogP contribution in [0.15, 0.2) is 16.9 Å². The summed E-state index contributed by atoms with van der Waals surface area (Å²) < 4.78 is 4.55. The molecule has 6 heteroatoms. The number of thiocarbonyl (C=S) groups is 1. The van der Waals surface area contributed by atoms with Crippen molar-refractivity contribution >= 4 is 23.1 Å². The first kappa shape index (κ1) is 11.6. The van der Waals surface area contributed by atoms with Gasteiger partial charge in [0.15, 0.2) is 5.69 Å². The fourth-order valence-corrected chi connectivity index (χ4v) is 0.881. The highest BCUT2D eigenvalue weighted by Gasteiger charge is 2.22. The first-order valence-corrected chi connectivity index (χ1v) is 4.83. The summed E-state index contributed by atoms with van der Waals surface area (Å²) in [4.78, 5) is 11.8. The maximum atomic E-state index is 11.5. The van der Waals surface area contributed by atoms with Gasteiger partial charge in [-0.3, -0.25) is 4.79 Å². The molecule has 5 nitrogen and oxygen atoms in total. The standard InChI is InChI=1S/C9H13N3O2S/c1-9(2,8(10)15)5-11-7(13)6-3-4-14-12-6/h3-4H,5H2,1-2H3,(H2,10,15)(H,11,13). The van der Waals surface area contributed by atoms with Gasteiger partial charge in [0.05, 0.1) is 4.99 Å². The average Bonchev–Trinajstić information content (AvgIpc) is 2.66. The number of carbonyl (C=O) groups is 1. The van der Waals surface area contributed by atoms with Crippen molar-refractivity contribution in [3.8, 4) is 0 Å². The lowest BCUT2D eigenvalue weighted by molar-refractivity contribution is 0.0936. The van der Waals surface area contributed by atoms with Gasteiger partial charge in [-0.1, -0.05) is 31.2 Å². The molecule has 0 saturated carbocycles. The number of aromatic nitrogens is 1. The van der Waals surface area contributed by atoms with E-state index >= 15 is 0 Å². The predicted molar refractivity (Wildman–Crippen MR) is 59.4 cm³/mol. The molecule has 3 N–H and O–H groups in total. The molecule has 15 heavy (non-hydrogen) atoms. The Kier molecular flexibility index (Phi) is 3.41. The zero-order chi connectivity index (χ0) is 11.5. The van der Waals surface area contributed by atoms with E-state index in [1.807, 2.05) is 13.8 Å². The van der Waals surface area contributed by atoms with Gasteiger partial charge >= 0.3 is 0 Å². The summed E-state index contributed by atoms with van der Waals surface area (Å²) in [6.07, 6.45) is 1.34. The summed E-state index contributed by atoms with van der Waals surface area (Å²) in [5.74, 6) is -0.298. The molecule has 1 aromatic heterocycles. The molecule has 0 spiro atoms. The third kappa shape index (κ3) is 3.02. The first-order chi connectivity index (χ1) is 6.93. The van der Waals surface area contributed by atoms with Gasteiger partial charge < -0.3 is 15.6 Å². The summed E-state index contributed by atoms with van der Waals surface area (Å²) in [5.41, 5.74) is 5.36. The van der Waals surface area contributed by atoms with Crippen molar-refractivity contribution < 1.29 is 9.32 Å². The summed E-state index contributed by atoms with van der Waals surface area (Å²) in [5, 5.41) is 6.19. The highest BCUT2D eigenvalue weighted by Crippen LogP contribution is 2.13. The largest absolute Gasteiger partial charge is 0.393 e. The van der Waals surface area contributed by atoms with Crippen LogP contribution >= 0.6 is 12.2 Å². The molecule has 0 unspecified atom stereocenters. The second-order valence-electron chi connectivity index (χ2n) is 3.82. The van der Waals surface area contributed by atoms with E-state index < -0.39 is 5.41 Å². The Morgan fingerprint density at radius 1 is 1.73 bits per heavy atom. The maximum Gasteiger partial charge on any atom is 0.273 e. The van der Waals surface area contributed by atoms with E-state index in [0.29, 0.717) is 11.5 Å². The Morgan fingerprint density at radius 3 is 2.87 bits per heavy atom. The number of amides is 1. The third-order valence-electron chi connectivity index (χ3n) is 2.03. The van der Waals surface area contributed by atoms with E-state index in [-0.39, 0.29) is 11.6 Å². The van der Waals surface area contributed by atoms with Gasteiger partial charge in [-0.25, -0.2) is 0 Å². The van der Waals surface area contributed by atoms with Crippen LogP contribution in [-0.2, 0) is 0 Å². The van der Waals surface area contributed by atoms with Gasteiger partial charge in [-0.2, -0.15) is 0 Å². The van der Waals surface area contributed by atoms with Gasteiger partial charge in [0.25, 0.3) is 5.91 Å². The van der Waals surface area contributed by atoms with Crippen LogP contribution in [-0.4, -0.2) is 22.6 Å². The summed E-state index contributed by atoms with van der Waals surface area (Å²) >= 11 is 4.88. The maximum absolute atomic E-state index is 11.5. The predicted octanol–water partition coefficient (Wildman–Crippen LogP) is 0.717. The van der Waals surface area contributed by atoms with E-state index in [1.54, 1.807) is 0 Å². The van der Waals surface area contributed by atoms with Crippen LogP contribution in [0.5, 0.6) is 0 Å². The van der Waals surface area contributed by atoms with Crippen LogP contribution in [0.2, 0.25) is 0 Å². The number of nitrogens with two attached hydrogens (primary N) is 1. The lowest BCUT2D eigenvalue weighted by atomic mass is 9.93. The fraction of sp³-hybridized carbons (Fsp3) is 0.444. The molecule has 0 fully saturated rings. The molecule has 1 amide bonds. The highest BCUT2D eigenvalue weighted by atomic mass is 32.1. The summed E-state index contributed by atoms with van der Waals surface area (Å²) in [7, 11) is 0. The van der Waals surface area contributed by atoms with Gasteiger partial charge in [0, 0.05) is 18.0 Å². The van der Waals surface area contributed by atoms with Gasteiger partial charge in [0.2, 0.25) is 0 Å². The molecule has 0 saturated heterocycles. The molecule has 0 aliphatic rings. The normalized spacial score (nSPS) is 11.1. The molecular weight excluding hydrogens is 214 g/mol. The molecule has 0 aliphatic carbocycles. The molecule has 0 aliphatic heterocycles. The lowest BCUT2D eigenvalue weighted by Gasteiger charge is -2.22. The van der Waals surface area contributed by atoms with Crippen molar-refractivity contribution in [3.63, 3.8) is 0 Å². The minimum absolute atomic E-state index is 0.244. The summed E-state index contributed by atoms with van der Waals surface area (Å²) in [6.45, 7) is 4.09. The first-order valence-electron chi connectivity index (χ1n) is 4.42. The number of hydrogen-bond acceptors (Lipinski definition) is 4. The number of nitrogens with one attached hydrogen (secondary N) is 1. The van der Waals surface area contributed by atoms with Gasteiger partial charge in [-0.05, 0) is 0 Å². The minimum Gasteiger partial charge on any atom is -0.393 e. The zero-order valence-corrected chi connectivity index (χ0v) is 9.43. The topological polar surface area (TPSA) is 81.2 Å². The minimum atomic E-state index is -0.408. The van der Waals surface area contributed by atoms with Crippen molar-refractivity contribution in [1.82, 2.24) is 10.5 Å². The number of nitrogens with zero attached hydrogens (tertiary/aromatic N) is 1. The molecule has 0 aromatic carbocycles. The number of rotatable bonds is 4. The van der Waals surface area contributed by atoms with E-state index in [4.69, 9.17) is 18.0 Å². The van der Waals surface area contributed by atoms with Crippen molar-refractivity contribution in [2.75, 3.05) is 6.54 Å². The number of carbonyl (C=O) groups excluding carboxylic acids is 1. The summed E-state index contributed by atoms with van der Waals surface area (Å²) in [6, 6.07) is 1.49. The van der Waals surface area contributed by atoms with E-state index in [9.17, 15) is 4.79 Å². The molecular formula is C9H13N3O2S. The second-order valence-corrected chi connectivity index (χ2v) is 4.26. The van der Waals surface area contributed by atoms with Crippen LogP contribution < -0.4 is 11.1 Å². The van der Waals surface area contributed by atoms with Crippen LogP contribution in [0.1, 0.15) is 24.3 Å². The third-order valence-corrected chi connectivity index (χ3v) is 2.58. The quantitative estimate of drug-likeness (QED) is 0.741. The monoisotopic (exact) mass is 227 g/mol. The van der Waals surface area contributed by atoms with E-state index in [2.05, 4.69) is 15.0 Å². The Hall–Kier alpha value is -1.43. The van der Waals surface area contributed by atoms with Crippen molar-refractivity contribution in [2.45, 2.75) is 13.8 Å².